The van der Waals surface area contributed by atoms with Crippen molar-refractivity contribution in [3.63, 3.8) is 0 Å². The first-order valence-electron chi connectivity index (χ1n) is 7.10. The number of methoxy groups -OCH3 is 1. The summed E-state index contributed by atoms with van der Waals surface area (Å²) in [6.07, 6.45) is -5.09. The molecule has 0 spiro atoms. The molecule has 134 valence electrons. The number of urea groups is 1. The van der Waals surface area contributed by atoms with Crippen LogP contribution in [0.3, 0.4) is 0 Å². The number of alkyl halides is 1. The average Bonchev–Trinajstić information content (AvgIpc) is 2.55. The van der Waals surface area contributed by atoms with Crippen LogP contribution in [0, 0.1) is 4.91 Å². The number of amides is 2. The number of hydrogen-bond donors (Lipinski definition) is 3. The fourth-order valence-corrected chi connectivity index (χ4v) is 2.34. The lowest BCUT2D eigenvalue weighted by atomic mass is 10.0. The standard InChI is InChI=1S/C12H22ClN3O7/c1-22-6-2-4-15(12(20)16(14-21)5-3-13)11-10(19)9(18)8(17)7-23-11/h8-11,17-19H,2-7H2,1H3/t8-,9-,10+,11?/m1/s1. The largest absolute Gasteiger partial charge is 0.388 e. The number of nitroso groups, excluding NO2 is 1. The Morgan fingerprint density at radius 2 is 2.04 bits per heavy atom. The first-order valence-corrected chi connectivity index (χ1v) is 7.63. The van der Waals surface area contributed by atoms with Crippen LogP contribution in [0.1, 0.15) is 6.42 Å². The van der Waals surface area contributed by atoms with E-state index in [0.29, 0.717) is 18.0 Å². The number of carbonyl (C=O) groups is 1. The third kappa shape index (κ3) is 5.23. The predicted octanol–water partition coefficient (Wildman–Crippen LogP) is -0.894. The van der Waals surface area contributed by atoms with Gasteiger partial charge in [0.15, 0.2) is 6.23 Å². The van der Waals surface area contributed by atoms with E-state index >= 15 is 0 Å². The molecule has 1 rings (SSSR count). The maximum absolute atomic E-state index is 12.4. The highest BCUT2D eigenvalue weighted by atomic mass is 35.5. The Morgan fingerprint density at radius 1 is 1.35 bits per heavy atom. The number of halogens is 1. The lowest BCUT2D eigenvalue weighted by Crippen LogP contribution is -2.61. The molecule has 11 heteroatoms. The normalized spacial score (nSPS) is 27.5. The Kier molecular flexibility index (Phi) is 8.66. The number of aliphatic hydroxyl groups is 3. The third-order valence-corrected chi connectivity index (χ3v) is 3.56. The quantitative estimate of drug-likeness (QED) is 0.222. The van der Waals surface area contributed by atoms with Crippen molar-refractivity contribution in [2.75, 3.05) is 39.3 Å². The second kappa shape index (κ2) is 9.96. The van der Waals surface area contributed by atoms with E-state index in [1.807, 2.05) is 0 Å². The Bertz CT molecular complexity index is 390. The molecule has 4 atom stereocenters. The molecular formula is C12H22ClN3O7. The van der Waals surface area contributed by atoms with E-state index in [1.54, 1.807) is 0 Å². The molecule has 1 unspecified atom stereocenters. The summed E-state index contributed by atoms with van der Waals surface area (Å²) >= 11 is 5.52. The van der Waals surface area contributed by atoms with Gasteiger partial charge in [0.25, 0.3) is 0 Å². The molecule has 0 bridgehead atoms. The molecule has 0 aromatic carbocycles. The molecule has 0 saturated carbocycles. The predicted molar refractivity (Wildman–Crippen MR) is 79.6 cm³/mol. The highest BCUT2D eigenvalue weighted by Crippen LogP contribution is 2.21. The van der Waals surface area contributed by atoms with Gasteiger partial charge in [-0.3, -0.25) is 4.90 Å². The van der Waals surface area contributed by atoms with Crippen molar-refractivity contribution in [3.8, 4) is 0 Å². The first-order chi connectivity index (χ1) is 11.0. The van der Waals surface area contributed by atoms with Gasteiger partial charge in [0, 0.05) is 26.1 Å². The van der Waals surface area contributed by atoms with E-state index in [0.717, 1.165) is 4.90 Å². The van der Waals surface area contributed by atoms with Gasteiger partial charge in [-0.25, -0.2) is 4.79 Å². The molecule has 1 fully saturated rings. The summed E-state index contributed by atoms with van der Waals surface area (Å²) in [5.74, 6) is -0.00118. The Hall–Kier alpha value is -1.04. The molecular weight excluding hydrogens is 334 g/mol. The molecule has 0 aromatic heterocycles. The van der Waals surface area contributed by atoms with Gasteiger partial charge in [0.05, 0.1) is 18.4 Å². The van der Waals surface area contributed by atoms with Crippen molar-refractivity contribution in [3.05, 3.63) is 4.91 Å². The Morgan fingerprint density at radius 3 is 2.61 bits per heavy atom. The van der Waals surface area contributed by atoms with E-state index in [1.165, 1.54) is 7.11 Å². The van der Waals surface area contributed by atoms with Crippen LogP contribution >= 0.6 is 11.6 Å². The third-order valence-electron chi connectivity index (χ3n) is 3.39. The lowest BCUT2D eigenvalue weighted by molar-refractivity contribution is -0.220. The zero-order chi connectivity index (χ0) is 17.4. The number of carbonyl (C=O) groups excluding carboxylic acids is 1. The van der Waals surface area contributed by atoms with Crippen molar-refractivity contribution in [1.29, 1.82) is 0 Å². The fourth-order valence-electron chi connectivity index (χ4n) is 2.18. The molecule has 10 nitrogen and oxygen atoms in total. The zero-order valence-corrected chi connectivity index (χ0v) is 13.5. The van der Waals surface area contributed by atoms with Crippen LogP contribution < -0.4 is 0 Å². The van der Waals surface area contributed by atoms with Crippen LogP contribution in [0.4, 0.5) is 4.79 Å². The molecule has 0 aromatic rings. The van der Waals surface area contributed by atoms with Crippen molar-refractivity contribution < 1.29 is 29.6 Å². The second-order valence-corrected chi connectivity index (χ2v) is 5.37. The Balaban J connectivity index is 2.90. The summed E-state index contributed by atoms with van der Waals surface area (Å²) in [4.78, 5) is 24.3. The van der Waals surface area contributed by atoms with Crippen molar-refractivity contribution in [2.45, 2.75) is 31.0 Å². The maximum Gasteiger partial charge on any atom is 0.345 e. The van der Waals surface area contributed by atoms with E-state index in [-0.39, 0.29) is 25.6 Å². The molecule has 0 radical (unpaired) electrons. The molecule has 3 N–H and O–H groups in total. The van der Waals surface area contributed by atoms with Gasteiger partial charge in [0.1, 0.15) is 18.3 Å². The van der Waals surface area contributed by atoms with Crippen LogP contribution in [0.15, 0.2) is 5.29 Å². The van der Waals surface area contributed by atoms with E-state index in [4.69, 9.17) is 21.1 Å². The summed E-state index contributed by atoms with van der Waals surface area (Å²) < 4.78 is 10.2. The zero-order valence-electron chi connectivity index (χ0n) is 12.7. The smallest absolute Gasteiger partial charge is 0.345 e. The van der Waals surface area contributed by atoms with Crippen LogP contribution in [-0.2, 0) is 9.47 Å². The Labute approximate surface area is 138 Å². The molecule has 1 aliphatic rings. The topological polar surface area (TPSA) is 132 Å². The minimum atomic E-state index is -1.53. The van der Waals surface area contributed by atoms with Crippen LogP contribution in [0.5, 0.6) is 0 Å². The number of ether oxygens (including phenoxy) is 2. The lowest BCUT2D eigenvalue weighted by Gasteiger charge is -2.41. The van der Waals surface area contributed by atoms with Gasteiger partial charge in [-0.2, -0.15) is 5.01 Å². The fraction of sp³-hybridized carbons (Fsp3) is 0.917. The van der Waals surface area contributed by atoms with Gasteiger partial charge in [-0.15, -0.1) is 16.5 Å². The first kappa shape index (κ1) is 20.0. The van der Waals surface area contributed by atoms with Crippen LogP contribution in [0.25, 0.3) is 0 Å². The van der Waals surface area contributed by atoms with Gasteiger partial charge < -0.3 is 24.8 Å². The number of hydrogen-bond acceptors (Lipinski definition) is 8. The molecule has 1 saturated heterocycles. The van der Waals surface area contributed by atoms with E-state index in [2.05, 4.69) is 5.29 Å². The van der Waals surface area contributed by atoms with Gasteiger partial charge in [-0.05, 0) is 6.42 Å². The van der Waals surface area contributed by atoms with Gasteiger partial charge >= 0.3 is 6.03 Å². The summed E-state index contributed by atoms with van der Waals surface area (Å²) in [5, 5.41) is 32.5. The maximum atomic E-state index is 12.4. The van der Waals surface area contributed by atoms with Gasteiger partial charge in [-0.1, -0.05) is 0 Å². The summed E-state index contributed by atoms with van der Waals surface area (Å²) in [6.45, 7) is 0.0486. The van der Waals surface area contributed by atoms with Crippen molar-refractivity contribution in [2.24, 2.45) is 5.29 Å². The van der Waals surface area contributed by atoms with E-state index in [9.17, 15) is 25.0 Å². The van der Waals surface area contributed by atoms with Crippen molar-refractivity contribution >= 4 is 17.6 Å². The van der Waals surface area contributed by atoms with E-state index < -0.39 is 30.6 Å². The van der Waals surface area contributed by atoms with Crippen LogP contribution in [-0.4, -0.2) is 95.1 Å². The highest BCUT2D eigenvalue weighted by Gasteiger charge is 2.43. The molecule has 2 amide bonds. The SMILES string of the molecule is COCCCN(C(=O)N(CCCl)N=O)C1OC[C@@H](O)[C@@H](O)[C@@H]1O. The minimum absolute atomic E-state index is 0.00118. The molecule has 23 heavy (non-hydrogen) atoms. The number of nitrogens with zero attached hydrogens (tertiary/aromatic N) is 3. The number of aliphatic hydroxyl groups excluding tert-OH is 3. The summed E-state index contributed by atoms with van der Waals surface area (Å²) in [7, 11) is 1.49. The number of rotatable bonds is 8. The highest BCUT2D eigenvalue weighted by molar-refractivity contribution is 6.18. The molecule has 1 aliphatic heterocycles. The average molecular weight is 356 g/mol. The minimum Gasteiger partial charge on any atom is -0.388 e. The monoisotopic (exact) mass is 355 g/mol. The van der Waals surface area contributed by atoms with Crippen molar-refractivity contribution in [1.82, 2.24) is 9.91 Å². The summed E-state index contributed by atoms with van der Waals surface area (Å²) in [5.41, 5.74) is 0. The van der Waals surface area contributed by atoms with Gasteiger partial charge in [0.2, 0.25) is 0 Å². The molecule has 1 heterocycles. The summed E-state index contributed by atoms with van der Waals surface area (Å²) in [6, 6.07) is -0.815. The molecule has 0 aliphatic carbocycles. The van der Waals surface area contributed by atoms with Crippen LogP contribution in [0.2, 0.25) is 0 Å². The second-order valence-electron chi connectivity index (χ2n) is 4.99.